The molecule has 0 heterocycles. The van der Waals surface area contributed by atoms with Gasteiger partial charge < -0.3 is 4.90 Å². The van der Waals surface area contributed by atoms with Gasteiger partial charge in [0.05, 0.1) is 10.5 Å². The van der Waals surface area contributed by atoms with E-state index in [1.165, 1.54) is 12.1 Å². The Hall–Kier alpha value is -1.47. The van der Waals surface area contributed by atoms with Gasteiger partial charge in [-0.1, -0.05) is 0 Å². The van der Waals surface area contributed by atoms with Crippen LogP contribution in [0.3, 0.4) is 0 Å². The third-order valence-electron chi connectivity index (χ3n) is 3.90. The number of carbonyl (C=O) groups excluding carboxylic acids is 1. The Balaban J connectivity index is 1.86. The molecule has 7 heteroatoms. The van der Waals surface area contributed by atoms with Crippen LogP contribution in [0.5, 0.6) is 0 Å². The SMILES string of the molecule is NS(=O)(=O)c1ccc(C(=O)N(CC2CC2)C2CC2)c(F)c1. The highest BCUT2D eigenvalue weighted by Crippen LogP contribution is 2.35. The van der Waals surface area contributed by atoms with Crippen LogP contribution in [0.15, 0.2) is 23.1 Å². The normalized spacial score (nSPS) is 18.6. The van der Waals surface area contributed by atoms with Gasteiger partial charge in [-0.2, -0.15) is 0 Å². The Morgan fingerprint density at radius 3 is 2.43 bits per heavy atom. The zero-order valence-corrected chi connectivity index (χ0v) is 12.3. The summed E-state index contributed by atoms with van der Waals surface area (Å²) in [5.74, 6) is -0.669. The van der Waals surface area contributed by atoms with Crippen molar-refractivity contribution in [2.75, 3.05) is 6.54 Å². The van der Waals surface area contributed by atoms with Crippen LogP contribution in [-0.4, -0.2) is 31.8 Å². The lowest BCUT2D eigenvalue weighted by molar-refractivity contribution is 0.0730. The fourth-order valence-corrected chi connectivity index (χ4v) is 2.89. The minimum atomic E-state index is -3.97. The molecule has 3 rings (SSSR count). The van der Waals surface area contributed by atoms with Crippen LogP contribution in [0.4, 0.5) is 4.39 Å². The summed E-state index contributed by atoms with van der Waals surface area (Å²) < 4.78 is 36.4. The van der Waals surface area contributed by atoms with E-state index in [9.17, 15) is 17.6 Å². The average molecular weight is 312 g/mol. The number of hydrogen-bond donors (Lipinski definition) is 1. The van der Waals surface area contributed by atoms with Crippen molar-refractivity contribution >= 4 is 15.9 Å². The number of nitrogens with zero attached hydrogens (tertiary/aromatic N) is 1. The van der Waals surface area contributed by atoms with Crippen molar-refractivity contribution < 1.29 is 17.6 Å². The van der Waals surface area contributed by atoms with Gasteiger partial charge in [-0.25, -0.2) is 17.9 Å². The molecule has 0 aliphatic heterocycles. The number of carbonyl (C=O) groups is 1. The predicted octanol–water partition coefficient (Wildman–Crippen LogP) is 1.49. The van der Waals surface area contributed by atoms with E-state index in [2.05, 4.69) is 0 Å². The molecule has 2 aliphatic carbocycles. The smallest absolute Gasteiger partial charge is 0.257 e. The van der Waals surface area contributed by atoms with E-state index in [4.69, 9.17) is 5.14 Å². The molecule has 2 aliphatic rings. The van der Waals surface area contributed by atoms with Gasteiger partial charge in [-0.05, 0) is 49.8 Å². The number of amides is 1. The fraction of sp³-hybridized carbons (Fsp3) is 0.500. The molecule has 0 radical (unpaired) electrons. The van der Waals surface area contributed by atoms with Crippen molar-refractivity contribution in [2.24, 2.45) is 11.1 Å². The summed E-state index contributed by atoms with van der Waals surface area (Å²) in [4.78, 5) is 13.9. The number of nitrogens with two attached hydrogens (primary N) is 1. The standard InChI is InChI=1S/C14H17FN2O3S/c15-13-7-11(21(16,19)20)5-6-12(13)14(18)17(10-3-4-10)8-9-1-2-9/h5-7,9-10H,1-4,8H2,(H2,16,19,20). The summed E-state index contributed by atoms with van der Waals surface area (Å²) in [6.07, 6.45) is 4.14. The molecule has 1 aromatic rings. The number of rotatable bonds is 5. The molecule has 0 saturated heterocycles. The number of sulfonamides is 1. The monoisotopic (exact) mass is 312 g/mol. The highest BCUT2D eigenvalue weighted by Gasteiger charge is 2.37. The first-order chi connectivity index (χ1) is 9.86. The Labute approximate surface area is 123 Å². The molecule has 2 N–H and O–H groups in total. The van der Waals surface area contributed by atoms with Crippen molar-refractivity contribution in [1.29, 1.82) is 0 Å². The Kier molecular flexibility index (Phi) is 3.49. The van der Waals surface area contributed by atoms with Crippen molar-refractivity contribution in [3.05, 3.63) is 29.6 Å². The van der Waals surface area contributed by atoms with Gasteiger partial charge in [0.15, 0.2) is 0 Å². The molecule has 2 fully saturated rings. The Morgan fingerprint density at radius 1 is 1.29 bits per heavy atom. The summed E-state index contributed by atoms with van der Waals surface area (Å²) >= 11 is 0. The molecular formula is C14H17FN2O3S. The van der Waals surface area contributed by atoms with Crippen LogP contribution < -0.4 is 5.14 Å². The van der Waals surface area contributed by atoms with Gasteiger partial charge >= 0.3 is 0 Å². The van der Waals surface area contributed by atoms with Crippen molar-refractivity contribution in [3.8, 4) is 0 Å². The van der Waals surface area contributed by atoms with Crippen molar-refractivity contribution in [1.82, 2.24) is 4.90 Å². The minimum Gasteiger partial charge on any atom is -0.335 e. The molecule has 5 nitrogen and oxygen atoms in total. The van der Waals surface area contributed by atoms with E-state index < -0.39 is 15.8 Å². The topological polar surface area (TPSA) is 80.5 Å². The van der Waals surface area contributed by atoms with Crippen LogP contribution >= 0.6 is 0 Å². The molecule has 1 amide bonds. The molecule has 0 bridgehead atoms. The summed E-state index contributed by atoms with van der Waals surface area (Å²) in [7, 11) is -3.97. The molecule has 0 atom stereocenters. The van der Waals surface area contributed by atoms with Crippen LogP contribution in [0.1, 0.15) is 36.0 Å². The largest absolute Gasteiger partial charge is 0.335 e. The van der Waals surface area contributed by atoms with E-state index in [-0.39, 0.29) is 22.4 Å². The quantitative estimate of drug-likeness (QED) is 0.894. The lowest BCUT2D eigenvalue weighted by Gasteiger charge is -2.22. The first-order valence-electron chi connectivity index (χ1n) is 6.99. The zero-order valence-electron chi connectivity index (χ0n) is 11.5. The van der Waals surface area contributed by atoms with Gasteiger partial charge in [-0.3, -0.25) is 4.79 Å². The van der Waals surface area contributed by atoms with E-state index in [0.29, 0.717) is 12.5 Å². The van der Waals surface area contributed by atoms with Crippen molar-refractivity contribution in [3.63, 3.8) is 0 Å². The highest BCUT2D eigenvalue weighted by atomic mass is 32.2. The lowest BCUT2D eigenvalue weighted by atomic mass is 10.1. The number of primary sulfonamides is 1. The van der Waals surface area contributed by atoms with E-state index in [1.807, 2.05) is 0 Å². The Morgan fingerprint density at radius 2 is 1.95 bits per heavy atom. The average Bonchev–Trinajstić information content (AvgIpc) is 3.25. The summed E-state index contributed by atoms with van der Waals surface area (Å²) in [6, 6.07) is 3.40. The fourth-order valence-electron chi connectivity index (χ4n) is 2.36. The van der Waals surface area contributed by atoms with E-state index >= 15 is 0 Å². The number of hydrogen-bond acceptors (Lipinski definition) is 3. The maximum Gasteiger partial charge on any atom is 0.257 e. The van der Waals surface area contributed by atoms with Gasteiger partial charge in [0.1, 0.15) is 5.82 Å². The molecule has 21 heavy (non-hydrogen) atoms. The maximum atomic E-state index is 14.1. The van der Waals surface area contributed by atoms with Gasteiger partial charge in [0, 0.05) is 12.6 Å². The molecular weight excluding hydrogens is 295 g/mol. The van der Waals surface area contributed by atoms with Crippen LogP contribution in [0.2, 0.25) is 0 Å². The van der Waals surface area contributed by atoms with Crippen molar-refractivity contribution in [2.45, 2.75) is 36.6 Å². The first-order valence-corrected chi connectivity index (χ1v) is 8.54. The van der Waals surface area contributed by atoms with Crippen LogP contribution in [-0.2, 0) is 10.0 Å². The second-order valence-electron chi connectivity index (χ2n) is 5.82. The van der Waals surface area contributed by atoms with Gasteiger partial charge in [0.25, 0.3) is 5.91 Å². The Bertz CT molecular complexity index is 681. The molecule has 0 unspecified atom stereocenters. The lowest BCUT2D eigenvalue weighted by Crippen LogP contribution is -2.35. The second-order valence-corrected chi connectivity index (χ2v) is 7.38. The third-order valence-corrected chi connectivity index (χ3v) is 4.81. The van der Waals surface area contributed by atoms with Crippen LogP contribution in [0, 0.1) is 11.7 Å². The second kappa shape index (κ2) is 5.06. The summed E-state index contributed by atoms with van der Waals surface area (Å²) in [6.45, 7) is 0.667. The zero-order chi connectivity index (χ0) is 15.2. The number of benzene rings is 1. The molecule has 0 spiro atoms. The maximum absolute atomic E-state index is 14.1. The molecule has 2 saturated carbocycles. The van der Waals surface area contributed by atoms with Crippen LogP contribution in [0.25, 0.3) is 0 Å². The molecule has 1 aromatic carbocycles. The molecule has 114 valence electrons. The first kappa shape index (κ1) is 14.5. The van der Waals surface area contributed by atoms with Gasteiger partial charge in [0.2, 0.25) is 10.0 Å². The number of halogens is 1. The van der Waals surface area contributed by atoms with E-state index in [0.717, 1.165) is 31.7 Å². The summed E-state index contributed by atoms with van der Waals surface area (Å²) in [5, 5.41) is 4.95. The third kappa shape index (κ3) is 3.24. The summed E-state index contributed by atoms with van der Waals surface area (Å²) in [5.41, 5.74) is -0.0880. The minimum absolute atomic E-state index is 0.0880. The predicted molar refractivity (Wildman–Crippen MR) is 74.6 cm³/mol. The highest BCUT2D eigenvalue weighted by molar-refractivity contribution is 7.89. The molecule has 0 aromatic heterocycles. The van der Waals surface area contributed by atoms with E-state index in [1.54, 1.807) is 4.90 Å². The van der Waals surface area contributed by atoms with Gasteiger partial charge in [-0.15, -0.1) is 0 Å².